The minimum absolute atomic E-state index is 0.473. The lowest BCUT2D eigenvalue weighted by Gasteiger charge is -2.19. The summed E-state index contributed by atoms with van der Waals surface area (Å²) in [7, 11) is 0. The summed E-state index contributed by atoms with van der Waals surface area (Å²) >= 11 is 1.74. The van der Waals surface area contributed by atoms with Crippen LogP contribution in [0.2, 0.25) is 0 Å². The van der Waals surface area contributed by atoms with E-state index in [1.54, 1.807) is 11.8 Å². The zero-order valence-electron chi connectivity index (χ0n) is 7.90. The quantitative estimate of drug-likeness (QED) is 0.658. The number of amidine groups is 1. The largest absolute Gasteiger partial charge is 0.399 e. The van der Waals surface area contributed by atoms with Crippen molar-refractivity contribution in [1.29, 1.82) is 0 Å². The van der Waals surface area contributed by atoms with E-state index in [9.17, 15) is 0 Å². The van der Waals surface area contributed by atoms with Crippen molar-refractivity contribution in [1.82, 2.24) is 0 Å². The number of nitrogen functional groups attached to an aromatic ring is 1. The molecule has 0 amide bonds. The van der Waals surface area contributed by atoms with E-state index in [0.717, 1.165) is 17.4 Å². The lowest BCUT2D eigenvalue weighted by atomic mass is 10.2. The van der Waals surface area contributed by atoms with Gasteiger partial charge in [-0.15, -0.1) is 0 Å². The third-order valence-electron chi connectivity index (χ3n) is 2.58. The van der Waals surface area contributed by atoms with Crippen LogP contribution in [-0.4, -0.2) is 17.8 Å². The number of nitrogens with zero attached hydrogens (tertiary/aromatic N) is 2. The number of thioether (sulfide) groups is 1. The van der Waals surface area contributed by atoms with Crippen molar-refractivity contribution >= 4 is 28.3 Å². The Bertz CT molecular complexity index is 427. The first kappa shape index (κ1) is 8.17. The van der Waals surface area contributed by atoms with E-state index < -0.39 is 0 Å². The fourth-order valence-corrected chi connectivity index (χ4v) is 3.00. The third kappa shape index (κ3) is 0.973. The number of aliphatic imine (C=N–C) groups is 1. The predicted octanol–water partition coefficient (Wildman–Crippen LogP) is 1.94. The number of benzene rings is 1. The highest BCUT2D eigenvalue weighted by atomic mass is 32.2. The molecule has 0 fully saturated rings. The highest BCUT2D eigenvalue weighted by Crippen LogP contribution is 2.44. The second kappa shape index (κ2) is 2.67. The molecule has 3 nitrogen and oxygen atoms in total. The van der Waals surface area contributed by atoms with Gasteiger partial charge in [-0.05, 0) is 36.9 Å². The molecule has 1 aromatic rings. The molecule has 0 saturated heterocycles. The summed E-state index contributed by atoms with van der Waals surface area (Å²) in [6.45, 7) is 3.09. The van der Waals surface area contributed by atoms with Crippen LogP contribution in [0.5, 0.6) is 0 Å². The maximum Gasteiger partial charge on any atom is 0.169 e. The molecule has 0 spiro atoms. The van der Waals surface area contributed by atoms with Crippen LogP contribution < -0.4 is 10.6 Å². The average molecular weight is 205 g/mol. The van der Waals surface area contributed by atoms with Gasteiger partial charge < -0.3 is 10.6 Å². The molecule has 0 aromatic heterocycles. The van der Waals surface area contributed by atoms with E-state index in [1.165, 1.54) is 10.6 Å². The van der Waals surface area contributed by atoms with Crippen LogP contribution in [0.15, 0.2) is 28.1 Å². The molecular formula is C10H11N3S. The Morgan fingerprint density at radius 3 is 3.29 bits per heavy atom. The summed E-state index contributed by atoms with van der Waals surface area (Å²) in [5.74, 6) is 0. The Balaban J connectivity index is 2.14. The van der Waals surface area contributed by atoms with Gasteiger partial charge in [-0.25, -0.2) is 0 Å². The van der Waals surface area contributed by atoms with Crippen LogP contribution in [0.3, 0.4) is 0 Å². The molecule has 4 heteroatoms. The van der Waals surface area contributed by atoms with E-state index in [2.05, 4.69) is 22.9 Å². The Kier molecular flexibility index (Phi) is 1.56. The van der Waals surface area contributed by atoms with Gasteiger partial charge in [0.05, 0.1) is 18.3 Å². The Morgan fingerprint density at radius 2 is 2.43 bits per heavy atom. The smallest absolute Gasteiger partial charge is 0.169 e. The first-order valence-corrected chi connectivity index (χ1v) is 5.48. The molecule has 0 saturated carbocycles. The van der Waals surface area contributed by atoms with Gasteiger partial charge in [0.25, 0.3) is 0 Å². The molecule has 2 aliphatic rings. The molecule has 0 aliphatic carbocycles. The van der Waals surface area contributed by atoms with Gasteiger partial charge in [0.2, 0.25) is 0 Å². The SMILES string of the molecule is C[C@H]1CN=C2Sc3ccc(N)cc3N21. The lowest BCUT2D eigenvalue weighted by Crippen LogP contribution is -2.30. The summed E-state index contributed by atoms with van der Waals surface area (Å²) < 4.78 is 0. The maximum atomic E-state index is 5.78. The monoisotopic (exact) mass is 205 g/mol. The van der Waals surface area contributed by atoms with Crippen LogP contribution in [-0.2, 0) is 0 Å². The number of hydrogen-bond acceptors (Lipinski definition) is 4. The van der Waals surface area contributed by atoms with Gasteiger partial charge in [0.1, 0.15) is 0 Å². The van der Waals surface area contributed by atoms with Crippen molar-refractivity contribution < 1.29 is 0 Å². The van der Waals surface area contributed by atoms with E-state index >= 15 is 0 Å². The van der Waals surface area contributed by atoms with Gasteiger partial charge >= 0.3 is 0 Å². The van der Waals surface area contributed by atoms with Crippen LogP contribution in [0.25, 0.3) is 0 Å². The van der Waals surface area contributed by atoms with E-state index in [1.807, 2.05) is 12.1 Å². The summed E-state index contributed by atoms with van der Waals surface area (Å²) in [6, 6.07) is 6.52. The van der Waals surface area contributed by atoms with Crippen molar-refractivity contribution in [2.24, 2.45) is 4.99 Å². The molecule has 0 unspecified atom stereocenters. The van der Waals surface area contributed by atoms with Gasteiger partial charge in [0, 0.05) is 10.6 Å². The normalized spacial score (nSPS) is 23.4. The van der Waals surface area contributed by atoms with Crippen LogP contribution in [0.4, 0.5) is 11.4 Å². The molecule has 2 N–H and O–H groups in total. The first-order chi connectivity index (χ1) is 6.75. The number of fused-ring (bicyclic) bond motifs is 3. The fourth-order valence-electron chi connectivity index (χ4n) is 1.89. The van der Waals surface area contributed by atoms with Crippen molar-refractivity contribution in [2.45, 2.75) is 17.9 Å². The van der Waals surface area contributed by atoms with E-state index in [0.29, 0.717) is 6.04 Å². The maximum absolute atomic E-state index is 5.78. The molecule has 2 aliphatic heterocycles. The summed E-state index contributed by atoms with van der Waals surface area (Å²) in [5, 5.41) is 1.12. The van der Waals surface area contributed by atoms with Crippen molar-refractivity contribution in [3.8, 4) is 0 Å². The van der Waals surface area contributed by atoms with Crippen molar-refractivity contribution in [3.63, 3.8) is 0 Å². The minimum atomic E-state index is 0.473. The van der Waals surface area contributed by atoms with E-state index in [-0.39, 0.29) is 0 Å². The molecule has 1 aromatic carbocycles. The van der Waals surface area contributed by atoms with Crippen LogP contribution >= 0.6 is 11.8 Å². The number of hydrogen-bond donors (Lipinski definition) is 1. The standard InChI is InChI=1S/C10H11N3S/c1-6-5-12-10-13(6)8-4-7(11)2-3-9(8)14-10/h2-4,6H,5,11H2,1H3/t6-/m0/s1. The summed E-state index contributed by atoms with van der Waals surface area (Å²) in [6.07, 6.45) is 0. The second-order valence-electron chi connectivity index (χ2n) is 3.67. The Labute approximate surface area is 87.0 Å². The topological polar surface area (TPSA) is 41.6 Å². The van der Waals surface area contributed by atoms with Gasteiger partial charge in [0.15, 0.2) is 5.17 Å². The van der Waals surface area contributed by atoms with Crippen molar-refractivity contribution in [3.05, 3.63) is 18.2 Å². The molecule has 72 valence electrons. The molecule has 3 rings (SSSR count). The lowest BCUT2D eigenvalue weighted by molar-refractivity contribution is 0.783. The minimum Gasteiger partial charge on any atom is -0.399 e. The molecular weight excluding hydrogens is 194 g/mol. The molecule has 0 radical (unpaired) electrons. The van der Waals surface area contributed by atoms with Crippen LogP contribution in [0.1, 0.15) is 6.92 Å². The highest BCUT2D eigenvalue weighted by molar-refractivity contribution is 8.14. The Hall–Kier alpha value is -1.16. The highest BCUT2D eigenvalue weighted by Gasteiger charge is 2.33. The van der Waals surface area contributed by atoms with Gasteiger partial charge in [-0.3, -0.25) is 4.99 Å². The Morgan fingerprint density at radius 1 is 1.57 bits per heavy atom. The molecule has 0 bridgehead atoms. The van der Waals surface area contributed by atoms with Gasteiger partial charge in [-0.2, -0.15) is 0 Å². The second-order valence-corrected chi connectivity index (χ2v) is 4.68. The number of nitrogens with two attached hydrogens (primary N) is 1. The average Bonchev–Trinajstić information content (AvgIpc) is 2.67. The third-order valence-corrected chi connectivity index (χ3v) is 3.65. The molecule has 2 heterocycles. The van der Waals surface area contributed by atoms with Crippen LogP contribution in [0, 0.1) is 0 Å². The predicted molar refractivity (Wildman–Crippen MR) is 61.0 cm³/mol. The summed E-state index contributed by atoms with van der Waals surface area (Å²) in [5.41, 5.74) is 7.83. The molecule has 14 heavy (non-hydrogen) atoms. The number of anilines is 2. The van der Waals surface area contributed by atoms with E-state index in [4.69, 9.17) is 5.73 Å². The zero-order valence-corrected chi connectivity index (χ0v) is 8.71. The molecule has 1 atom stereocenters. The van der Waals surface area contributed by atoms with Gasteiger partial charge in [-0.1, -0.05) is 0 Å². The summed E-state index contributed by atoms with van der Waals surface area (Å²) in [4.78, 5) is 8.03. The number of rotatable bonds is 0. The zero-order chi connectivity index (χ0) is 9.71. The first-order valence-electron chi connectivity index (χ1n) is 4.67. The van der Waals surface area contributed by atoms with Crippen molar-refractivity contribution in [2.75, 3.05) is 17.2 Å². The fraction of sp³-hybridized carbons (Fsp3) is 0.300.